The van der Waals surface area contributed by atoms with Gasteiger partial charge in [-0.3, -0.25) is 9.69 Å². The minimum Gasteiger partial charge on any atom is -0.492 e. The highest BCUT2D eigenvalue weighted by atomic mass is 16.5. The zero-order valence-electron chi connectivity index (χ0n) is 21.4. The van der Waals surface area contributed by atoms with Crippen LogP contribution in [0.3, 0.4) is 0 Å². The number of aliphatic hydroxyl groups is 1. The van der Waals surface area contributed by atoms with Gasteiger partial charge in [-0.05, 0) is 46.5 Å². The maximum Gasteiger partial charge on any atom is 0.221 e. The molecule has 4 aromatic carbocycles. The SMILES string of the molecule is NC(=O)Cc1ccc(OCCN(Cc2ccccc2)CC(O)c2ccc(OCc3ccccc3)cc2)cc1. The molecule has 0 radical (unpaired) electrons. The summed E-state index contributed by atoms with van der Waals surface area (Å²) in [5.74, 6) is 1.13. The van der Waals surface area contributed by atoms with E-state index in [9.17, 15) is 9.90 Å². The number of aliphatic hydroxyl groups excluding tert-OH is 1. The van der Waals surface area contributed by atoms with E-state index in [4.69, 9.17) is 15.2 Å². The first kappa shape index (κ1) is 26.9. The minimum atomic E-state index is -0.657. The fourth-order valence-corrected chi connectivity index (χ4v) is 4.15. The monoisotopic (exact) mass is 510 g/mol. The summed E-state index contributed by atoms with van der Waals surface area (Å²) in [6, 6.07) is 35.2. The van der Waals surface area contributed by atoms with Gasteiger partial charge in [-0.1, -0.05) is 84.9 Å². The summed E-state index contributed by atoms with van der Waals surface area (Å²) in [5.41, 5.74) is 9.23. The van der Waals surface area contributed by atoms with E-state index in [1.54, 1.807) is 0 Å². The van der Waals surface area contributed by atoms with Crippen molar-refractivity contribution in [3.8, 4) is 11.5 Å². The van der Waals surface area contributed by atoms with Crippen molar-refractivity contribution >= 4 is 5.91 Å². The largest absolute Gasteiger partial charge is 0.492 e. The van der Waals surface area contributed by atoms with Gasteiger partial charge in [0, 0.05) is 19.6 Å². The lowest BCUT2D eigenvalue weighted by atomic mass is 10.1. The average Bonchev–Trinajstić information content (AvgIpc) is 2.94. The fraction of sp³-hybridized carbons (Fsp3) is 0.219. The lowest BCUT2D eigenvalue weighted by Gasteiger charge is -2.25. The topological polar surface area (TPSA) is 85.0 Å². The molecule has 0 bridgehead atoms. The molecule has 6 nitrogen and oxygen atoms in total. The summed E-state index contributed by atoms with van der Waals surface area (Å²) in [4.78, 5) is 13.3. The molecule has 0 aliphatic carbocycles. The number of primary amides is 1. The van der Waals surface area contributed by atoms with Crippen LogP contribution in [0.25, 0.3) is 0 Å². The summed E-state index contributed by atoms with van der Waals surface area (Å²) in [5, 5.41) is 11.0. The second-order valence-corrected chi connectivity index (χ2v) is 9.22. The summed E-state index contributed by atoms with van der Waals surface area (Å²) >= 11 is 0. The average molecular weight is 511 g/mol. The Labute approximate surface area is 224 Å². The van der Waals surface area contributed by atoms with Crippen molar-refractivity contribution in [1.82, 2.24) is 4.90 Å². The molecular weight excluding hydrogens is 476 g/mol. The van der Waals surface area contributed by atoms with E-state index in [2.05, 4.69) is 17.0 Å². The quantitative estimate of drug-likeness (QED) is 0.252. The van der Waals surface area contributed by atoms with E-state index in [1.807, 2.05) is 97.1 Å². The van der Waals surface area contributed by atoms with Crippen molar-refractivity contribution < 1.29 is 19.4 Å². The molecule has 0 heterocycles. The van der Waals surface area contributed by atoms with Crippen LogP contribution < -0.4 is 15.2 Å². The van der Waals surface area contributed by atoms with Crippen molar-refractivity contribution in [2.75, 3.05) is 19.7 Å². The lowest BCUT2D eigenvalue weighted by molar-refractivity contribution is -0.117. The Kier molecular flexibility index (Phi) is 9.90. The van der Waals surface area contributed by atoms with E-state index < -0.39 is 6.10 Å². The number of rotatable bonds is 14. The summed E-state index contributed by atoms with van der Waals surface area (Å²) in [7, 11) is 0. The maximum atomic E-state index is 11.1. The number of amides is 1. The summed E-state index contributed by atoms with van der Waals surface area (Å²) in [6.45, 7) is 2.74. The molecule has 0 aromatic heterocycles. The molecule has 196 valence electrons. The van der Waals surface area contributed by atoms with Crippen molar-refractivity contribution in [1.29, 1.82) is 0 Å². The molecule has 1 unspecified atom stereocenters. The van der Waals surface area contributed by atoms with Crippen molar-refractivity contribution in [2.24, 2.45) is 5.73 Å². The zero-order valence-corrected chi connectivity index (χ0v) is 21.4. The first-order chi connectivity index (χ1) is 18.5. The highest BCUT2D eigenvalue weighted by Gasteiger charge is 2.15. The zero-order chi connectivity index (χ0) is 26.6. The highest BCUT2D eigenvalue weighted by molar-refractivity contribution is 5.76. The Morgan fingerprint density at radius 1 is 0.737 bits per heavy atom. The van der Waals surface area contributed by atoms with E-state index in [0.29, 0.717) is 32.8 Å². The van der Waals surface area contributed by atoms with Crippen LogP contribution >= 0.6 is 0 Å². The van der Waals surface area contributed by atoms with Gasteiger partial charge in [-0.2, -0.15) is 0 Å². The van der Waals surface area contributed by atoms with Gasteiger partial charge in [-0.15, -0.1) is 0 Å². The normalized spacial score (nSPS) is 11.7. The van der Waals surface area contributed by atoms with Gasteiger partial charge in [0.2, 0.25) is 5.91 Å². The standard InChI is InChI=1S/C32H34N2O4/c33-32(36)21-25-11-15-29(16-12-25)37-20-19-34(22-26-7-3-1-4-8-26)23-31(35)28-13-17-30(18-14-28)38-24-27-9-5-2-6-10-27/h1-18,31,35H,19-24H2,(H2,33,36). The third-order valence-electron chi connectivity index (χ3n) is 6.17. The second kappa shape index (κ2) is 14.0. The number of nitrogens with two attached hydrogens (primary N) is 1. The van der Waals surface area contributed by atoms with Crippen LogP contribution in [0.4, 0.5) is 0 Å². The molecule has 4 aromatic rings. The van der Waals surface area contributed by atoms with Crippen LogP contribution in [-0.2, 0) is 24.4 Å². The Balaban J connectivity index is 1.33. The minimum absolute atomic E-state index is 0.211. The van der Waals surface area contributed by atoms with Crippen LogP contribution in [0.5, 0.6) is 11.5 Å². The predicted octanol–water partition coefficient (Wildman–Crippen LogP) is 4.91. The van der Waals surface area contributed by atoms with Crippen molar-refractivity contribution in [2.45, 2.75) is 25.7 Å². The van der Waals surface area contributed by atoms with Crippen LogP contribution in [-0.4, -0.2) is 35.6 Å². The molecule has 4 rings (SSSR count). The molecule has 0 fully saturated rings. The molecule has 6 heteroatoms. The smallest absolute Gasteiger partial charge is 0.221 e. The van der Waals surface area contributed by atoms with Crippen molar-refractivity contribution in [3.63, 3.8) is 0 Å². The van der Waals surface area contributed by atoms with Crippen LogP contribution in [0.1, 0.15) is 28.4 Å². The third kappa shape index (κ3) is 8.76. The molecule has 0 saturated heterocycles. The molecule has 0 aliphatic rings. The van der Waals surface area contributed by atoms with Gasteiger partial charge in [0.15, 0.2) is 0 Å². The number of ether oxygens (including phenoxy) is 2. The molecular formula is C32H34N2O4. The Morgan fingerprint density at radius 3 is 1.95 bits per heavy atom. The number of benzene rings is 4. The van der Waals surface area contributed by atoms with Gasteiger partial charge in [0.05, 0.1) is 12.5 Å². The number of carbonyl (C=O) groups is 1. The first-order valence-electron chi connectivity index (χ1n) is 12.8. The van der Waals surface area contributed by atoms with Crippen molar-refractivity contribution in [3.05, 3.63) is 131 Å². The Morgan fingerprint density at radius 2 is 1.32 bits per heavy atom. The number of hydrogen-bond donors (Lipinski definition) is 2. The molecule has 0 saturated carbocycles. The van der Waals surface area contributed by atoms with Gasteiger partial charge in [0.25, 0.3) is 0 Å². The molecule has 0 aliphatic heterocycles. The fourth-order valence-electron chi connectivity index (χ4n) is 4.15. The lowest BCUT2D eigenvalue weighted by Crippen LogP contribution is -2.32. The maximum absolute atomic E-state index is 11.1. The molecule has 0 spiro atoms. The predicted molar refractivity (Wildman–Crippen MR) is 149 cm³/mol. The Bertz CT molecular complexity index is 1250. The Hall–Kier alpha value is -4.13. The summed E-state index contributed by atoms with van der Waals surface area (Å²) < 4.78 is 11.8. The number of hydrogen-bond acceptors (Lipinski definition) is 5. The van der Waals surface area contributed by atoms with Gasteiger partial charge < -0.3 is 20.3 Å². The molecule has 1 atom stereocenters. The van der Waals surface area contributed by atoms with Gasteiger partial charge >= 0.3 is 0 Å². The van der Waals surface area contributed by atoms with Crippen LogP contribution in [0.15, 0.2) is 109 Å². The van der Waals surface area contributed by atoms with E-state index in [0.717, 1.165) is 28.2 Å². The van der Waals surface area contributed by atoms with Crippen LogP contribution in [0, 0.1) is 0 Å². The first-order valence-corrected chi connectivity index (χ1v) is 12.8. The highest BCUT2D eigenvalue weighted by Crippen LogP contribution is 2.21. The molecule has 38 heavy (non-hydrogen) atoms. The number of nitrogens with zero attached hydrogens (tertiary/aromatic N) is 1. The second-order valence-electron chi connectivity index (χ2n) is 9.22. The van der Waals surface area contributed by atoms with E-state index in [1.165, 1.54) is 5.56 Å². The van der Waals surface area contributed by atoms with E-state index >= 15 is 0 Å². The summed E-state index contributed by atoms with van der Waals surface area (Å²) in [6.07, 6.45) is -0.446. The molecule has 1 amide bonds. The number of carbonyl (C=O) groups excluding carboxylic acids is 1. The van der Waals surface area contributed by atoms with Gasteiger partial charge in [-0.25, -0.2) is 0 Å². The van der Waals surface area contributed by atoms with Crippen LogP contribution in [0.2, 0.25) is 0 Å². The van der Waals surface area contributed by atoms with Gasteiger partial charge in [0.1, 0.15) is 24.7 Å². The van der Waals surface area contributed by atoms with E-state index in [-0.39, 0.29) is 12.3 Å². The molecule has 3 N–H and O–H groups in total. The third-order valence-corrected chi connectivity index (χ3v) is 6.17.